The Morgan fingerprint density at radius 2 is 2.10 bits per heavy atom. The van der Waals surface area contributed by atoms with E-state index in [0.717, 1.165) is 5.56 Å². The Morgan fingerprint density at radius 1 is 1.40 bits per heavy atom. The van der Waals surface area contributed by atoms with E-state index in [1.165, 1.54) is 0 Å². The Labute approximate surface area is 72.1 Å². The van der Waals surface area contributed by atoms with Gasteiger partial charge in [0.05, 0.1) is 6.61 Å². The molecular formula is C6H9Cl2NO. The lowest BCUT2D eigenvalue weighted by molar-refractivity contribution is 0.281. The topological polar surface area (TPSA) is 33.1 Å². The minimum absolute atomic E-state index is 0. The molecule has 2 nitrogen and oxygen atoms in total. The van der Waals surface area contributed by atoms with Gasteiger partial charge in [0.1, 0.15) is 0 Å². The van der Waals surface area contributed by atoms with Crippen LogP contribution in [0, 0.1) is 0 Å². The summed E-state index contributed by atoms with van der Waals surface area (Å²) in [5.41, 5.74) is 0.854. The Morgan fingerprint density at radius 3 is 2.40 bits per heavy atom. The number of nitrogens with zero attached hydrogens (tertiary/aromatic N) is 1. The molecule has 0 unspecified atom stereocenters. The summed E-state index contributed by atoms with van der Waals surface area (Å²) in [6.07, 6.45) is 3.32. The van der Waals surface area contributed by atoms with Gasteiger partial charge in [0.25, 0.3) is 0 Å². The van der Waals surface area contributed by atoms with E-state index in [1.807, 2.05) is 6.07 Å². The molecule has 0 aliphatic carbocycles. The van der Waals surface area contributed by atoms with Gasteiger partial charge in [0, 0.05) is 12.4 Å². The van der Waals surface area contributed by atoms with E-state index in [2.05, 4.69) is 4.98 Å². The summed E-state index contributed by atoms with van der Waals surface area (Å²) in [5, 5.41) is 8.50. The third-order valence-electron chi connectivity index (χ3n) is 0.905. The second-order valence-corrected chi connectivity index (χ2v) is 1.52. The minimum atomic E-state index is 0. The molecule has 0 amide bonds. The van der Waals surface area contributed by atoms with Gasteiger partial charge in [-0.05, 0) is 11.6 Å². The third kappa shape index (κ3) is 3.67. The van der Waals surface area contributed by atoms with Crippen LogP contribution in [0.15, 0.2) is 24.5 Å². The molecular weight excluding hydrogens is 173 g/mol. The van der Waals surface area contributed by atoms with Gasteiger partial charge in [0.2, 0.25) is 0 Å². The molecule has 0 aromatic carbocycles. The SMILES string of the molecule is Cl.Cl.OCc1cccnc1. The van der Waals surface area contributed by atoms with Crippen LogP contribution in [0.25, 0.3) is 0 Å². The highest BCUT2D eigenvalue weighted by molar-refractivity contribution is 5.85. The van der Waals surface area contributed by atoms with Crippen LogP contribution in [0.1, 0.15) is 5.56 Å². The van der Waals surface area contributed by atoms with Crippen molar-refractivity contribution in [2.45, 2.75) is 6.61 Å². The second-order valence-electron chi connectivity index (χ2n) is 1.52. The monoisotopic (exact) mass is 181 g/mol. The lowest BCUT2D eigenvalue weighted by atomic mass is 10.3. The standard InChI is InChI=1S/C6H7NO.2ClH/c8-5-6-2-1-3-7-4-6;;/h1-4,8H,5H2;2*1H. The van der Waals surface area contributed by atoms with Crippen LogP contribution in [0.3, 0.4) is 0 Å². The molecule has 0 aliphatic heterocycles. The Balaban J connectivity index is 0. The van der Waals surface area contributed by atoms with Crippen molar-refractivity contribution in [3.63, 3.8) is 0 Å². The number of rotatable bonds is 1. The van der Waals surface area contributed by atoms with E-state index in [0.29, 0.717) is 0 Å². The number of pyridine rings is 1. The molecule has 10 heavy (non-hydrogen) atoms. The summed E-state index contributed by atoms with van der Waals surface area (Å²) >= 11 is 0. The summed E-state index contributed by atoms with van der Waals surface area (Å²) in [7, 11) is 0. The zero-order valence-corrected chi connectivity index (χ0v) is 6.86. The smallest absolute Gasteiger partial charge is 0.0696 e. The summed E-state index contributed by atoms with van der Waals surface area (Å²) < 4.78 is 0. The van der Waals surface area contributed by atoms with Crippen molar-refractivity contribution in [3.8, 4) is 0 Å². The summed E-state index contributed by atoms with van der Waals surface area (Å²) in [6.45, 7) is 0.0772. The molecule has 58 valence electrons. The van der Waals surface area contributed by atoms with Crippen LogP contribution in [-0.2, 0) is 6.61 Å². The van der Waals surface area contributed by atoms with Crippen molar-refractivity contribution < 1.29 is 5.11 Å². The molecule has 1 N–H and O–H groups in total. The first-order valence-electron chi connectivity index (χ1n) is 2.43. The number of hydrogen-bond acceptors (Lipinski definition) is 2. The van der Waals surface area contributed by atoms with E-state index in [-0.39, 0.29) is 31.4 Å². The molecule has 0 bridgehead atoms. The third-order valence-corrected chi connectivity index (χ3v) is 0.905. The normalized spacial score (nSPS) is 7.30. The maximum Gasteiger partial charge on any atom is 0.0696 e. The van der Waals surface area contributed by atoms with Crippen LogP contribution in [0.5, 0.6) is 0 Å². The summed E-state index contributed by atoms with van der Waals surface area (Å²) in [6, 6.07) is 3.62. The average molecular weight is 182 g/mol. The molecule has 0 atom stereocenters. The Kier molecular flexibility index (Phi) is 8.42. The Hall–Kier alpha value is -0.310. The molecule has 1 rings (SSSR count). The van der Waals surface area contributed by atoms with Crippen LogP contribution in [0.4, 0.5) is 0 Å². The van der Waals surface area contributed by atoms with Crippen molar-refractivity contribution in [1.29, 1.82) is 0 Å². The summed E-state index contributed by atoms with van der Waals surface area (Å²) in [5.74, 6) is 0. The predicted molar refractivity (Wildman–Crippen MR) is 44.7 cm³/mol. The van der Waals surface area contributed by atoms with Crippen molar-refractivity contribution >= 4 is 24.8 Å². The lowest BCUT2D eigenvalue weighted by Crippen LogP contribution is -1.80. The van der Waals surface area contributed by atoms with Crippen molar-refractivity contribution in [2.75, 3.05) is 0 Å². The molecule has 1 heterocycles. The van der Waals surface area contributed by atoms with Gasteiger partial charge < -0.3 is 5.11 Å². The first-order valence-corrected chi connectivity index (χ1v) is 2.43. The number of hydrogen-bond donors (Lipinski definition) is 1. The Bertz CT molecular complexity index is 157. The molecule has 1 aromatic heterocycles. The maximum atomic E-state index is 8.50. The van der Waals surface area contributed by atoms with E-state index < -0.39 is 0 Å². The highest BCUT2D eigenvalue weighted by Crippen LogP contribution is 1.92. The molecule has 0 radical (unpaired) electrons. The first-order chi connectivity index (χ1) is 3.93. The quantitative estimate of drug-likeness (QED) is 0.712. The highest BCUT2D eigenvalue weighted by atomic mass is 35.5. The van der Waals surface area contributed by atoms with Crippen LogP contribution in [0.2, 0.25) is 0 Å². The van der Waals surface area contributed by atoms with Gasteiger partial charge >= 0.3 is 0 Å². The first kappa shape index (κ1) is 12.4. The molecule has 0 aliphatic rings. The minimum Gasteiger partial charge on any atom is -0.392 e. The van der Waals surface area contributed by atoms with E-state index in [4.69, 9.17) is 5.11 Å². The van der Waals surface area contributed by atoms with Crippen molar-refractivity contribution in [3.05, 3.63) is 30.1 Å². The molecule has 0 saturated heterocycles. The van der Waals surface area contributed by atoms with E-state index in [1.54, 1.807) is 18.5 Å². The maximum absolute atomic E-state index is 8.50. The van der Waals surface area contributed by atoms with Gasteiger partial charge in [0.15, 0.2) is 0 Å². The second kappa shape index (κ2) is 6.81. The lowest BCUT2D eigenvalue weighted by Gasteiger charge is -1.88. The fourth-order valence-corrected chi connectivity index (χ4v) is 0.492. The fraction of sp³-hybridized carbons (Fsp3) is 0.167. The highest BCUT2D eigenvalue weighted by Gasteiger charge is 1.82. The summed E-state index contributed by atoms with van der Waals surface area (Å²) in [4.78, 5) is 3.80. The number of halogens is 2. The fourth-order valence-electron chi connectivity index (χ4n) is 0.492. The van der Waals surface area contributed by atoms with Gasteiger partial charge in [-0.3, -0.25) is 4.98 Å². The molecule has 0 spiro atoms. The van der Waals surface area contributed by atoms with E-state index in [9.17, 15) is 0 Å². The van der Waals surface area contributed by atoms with Crippen LogP contribution >= 0.6 is 24.8 Å². The number of aromatic nitrogens is 1. The molecule has 4 heteroatoms. The zero-order valence-electron chi connectivity index (χ0n) is 5.23. The van der Waals surface area contributed by atoms with Crippen LogP contribution in [-0.4, -0.2) is 10.1 Å². The van der Waals surface area contributed by atoms with Gasteiger partial charge in [-0.25, -0.2) is 0 Å². The van der Waals surface area contributed by atoms with Gasteiger partial charge in [-0.15, -0.1) is 24.8 Å². The van der Waals surface area contributed by atoms with Crippen molar-refractivity contribution in [1.82, 2.24) is 4.98 Å². The number of aliphatic hydroxyl groups is 1. The molecule has 0 fully saturated rings. The predicted octanol–water partition coefficient (Wildman–Crippen LogP) is 1.42. The molecule has 1 aromatic rings. The van der Waals surface area contributed by atoms with Gasteiger partial charge in [-0.2, -0.15) is 0 Å². The average Bonchev–Trinajstić information content (AvgIpc) is 1.90. The van der Waals surface area contributed by atoms with Gasteiger partial charge in [-0.1, -0.05) is 6.07 Å². The molecule has 0 saturated carbocycles. The van der Waals surface area contributed by atoms with Crippen LogP contribution < -0.4 is 0 Å². The largest absolute Gasteiger partial charge is 0.392 e. The van der Waals surface area contributed by atoms with Crippen molar-refractivity contribution in [2.24, 2.45) is 0 Å². The van der Waals surface area contributed by atoms with E-state index >= 15 is 0 Å². The number of aliphatic hydroxyl groups excluding tert-OH is 1. The zero-order chi connectivity index (χ0) is 5.82.